The van der Waals surface area contributed by atoms with Gasteiger partial charge in [-0.05, 0) is 19.9 Å². The number of aliphatic hydroxyl groups is 2. The number of aryl methyl sites for hydroxylation is 1. The predicted molar refractivity (Wildman–Crippen MR) is 62.1 cm³/mol. The molecule has 1 aromatic rings. The number of aliphatic hydroxyl groups excluding tert-OH is 2. The molecule has 1 aromatic carbocycles. The highest BCUT2D eigenvalue weighted by Gasteiger charge is 2.08. The average Bonchev–Trinajstić information content (AvgIpc) is 2.26. The maximum Gasteiger partial charge on any atom is 0.0702 e. The molecule has 1 rings (SSSR count). The van der Waals surface area contributed by atoms with Crippen LogP contribution in [-0.4, -0.2) is 29.9 Å². The molecule has 3 heteroatoms. The first-order valence-electron chi connectivity index (χ1n) is 5.29. The molecule has 0 heterocycles. The molecule has 0 unspecified atom stereocenters. The van der Waals surface area contributed by atoms with Crippen molar-refractivity contribution in [3.05, 3.63) is 29.3 Å². The first kappa shape index (κ1) is 12.0. The van der Waals surface area contributed by atoms with Crippen molar-refractivity contribution in [1.82, 2.24) is 0 Å². The Morgan fingerprint density at radius 3 is 2.53 bits per heavy atom. The summed E-state index contributed by atoms with van der Waals surface area (Å²) in [5.41, 5.74) is 3.08. The fourth-order valence-electron chi connectivity index (χ4n) is 1.72. The van der Waals surface area contributed by atoms with Crippen LogP contribution in [-0.2, 0) is 6.61 Å². The number of anilines is 1. The van der Waals surface area contributed by atoms with Gasteiger partial charge >= 0.3 is 0 Å². The van der Waals surface area contributed by atoms with E-state index in [1.807, 2.05) is 32.0 Å². The fourth-order valence-corrected chi connectivity index (χ4v) is 1.72. The van der Waals surface area contributed by atoms with E-state index < -0.39 is 0 Å². The van der Waals surface area contributed by atoms with E-state index in [1.54, 1.807) is 0 Å². The van der Waals surface area contributed by atoms with Gasteiger partial charge in [0, 0.05) is 24.3 Å². The SMILES string of the molecule is CCN(CCO)c1ccc(C)cc1CO. The molecule has 0 saturated heterocycles. The third kappa shape index (κ3) is 2.94. The molecule has 15 heavy (non-hydrogen) atoms. The van der Waals surface area contributed by atoms with Crippen LogP contribution in [0.15, 0.2) is 18.2 Å². The van der Waals surface area contributed by atoms with Gasteiger partial charge in [-0.1, -0.05) is 17.7 Å². The minimum atomic E-state index is 0.0406. The Morgan fingerprint density at radius 1 is 1.27 bits per heavy atom. The molecule has 0 bridgehead atoms. The van der Waals surface area contributed by atoms with Crippen LogP contribution in [0.5, 0.6) is 0 Å². The van der Waals surface area contributed by atoms with Crippen LogP contribution in [0, 0.1) is 6.92 Å². The Labute approximate surface area is 91.0 Å². The van der Waals surface area contributed by atoms with Gasteiger partial charge in [-0.3, -0.25) is 0 Å². The van der Waals surface area contributed by atoms with E-state index in [0.717, 1.165) is 23.4 Å². The van der Waals surface area contributed by atoms with Crippen LogP contribution in [0.3, 0.4) is 0 Å². The number of nitrogens with zero attached hydrogens (tertiary/aromatic N) is 1. The van der Waals surface area contributed by atoms with Crippen molar-refractivity contribution in [2.45, 2.75) is 20.5 Å². The smallest absolute Gasteiger partial charge is 0.0702 e. The van der Waals surface area contributed by atoms with Crippen molar-refractivity contribution >= 4 is 5.69 Å². The minimum Gasteiger partial charge on any atom is -0.395 e. The van der Waals surface area contributed by atoms with Gasteiger partial charge in [-0.2, -0.15) is 0 Å². The summed E-state index contributed by atoms with van der Waals surface area (Å²) in [6.45, 7) is 5.65. The normalized spacial score (nSPS) is 10.4. The molecular weight excluding hydrogens is 190 g/mol. The summed E-state index contributed by atoms with van der Waals surface area (Å²) < 4.78 is 0. The Balaban J connectivity index is 2.99. The third-order valence-corrected chi connectivity index (χ3v) is 2.50. The lowest BCUT2D eigenvalue weighted by Crippen LogP contribution is -2.27. The summed E-state index contributed by atoms with van der Waals surface area (Å²) in [5.74, 6) is 0. The number of benzene rings is 1. The maximum atomic E-state index is 9.27. The van der Waals surface area contributed by atoms with E-state index in [2.05, 4.69) is 4.90 Å². The molecule has 0 fully saturated rings. The standard InChI is InChI=1S/C12H19NO2/c1-3-13(6-7-14)12-5-4-10(2)8-11(12)9-15/h4-5,8,14-15H,3,6-7,9H2,1-2H3. The Kier molecular flexibility index (Phi) is 4.59. The molecule has 0 aliphatic carbocycles. The summed E-state index contributed by atoms with van der Waals surface area (Å²) >= 11 is 0. The van der Waals surface area contributed by atoms with E-state index in [-0.39, 0.29) is 13.2 Å². The van der Waals surface area contributed by atoms with Crippen LogP contribution in [0.4, 0.5) is 5.69 Å². The molecule has 0 aromatic heterocycles. The minimum absolute atomic E-state index is 0.0406. The van der Waals surface area contributed by atoms with Crippen LogP contribution in [0.2, 0.25) is 0 Å². The molecule has 0 atom stereocenters. The van der Waals surface area contributed by atoms with Crippen LogP contribution >= 0.6 is 0 Å². The zero-order chi connectivity index (χ0) is 11.3. The third-order valence-electron chi connectivity index (χ3n) is 2.50. The summed E-state index contributed by atoms with van der Waals surface area (Å²) in [5, 5.41) is 18.2. The number of likely N-dealkylation sites (N-methyl/N-ethyl adjacent to an activating group) is 1. The molecule has 84 valence electrons. The first-order valence-corrected chi connectivity index (χ1v) is 5.29. The Morgan fingerprint density at radius 2 is 2.00 bits per heavy atom. The van der Waals surface area contributed by atoms with Crippen LogP contribution in [0.1, 0.15) is 18.1 Å². The second-order valence-electron chi connectivity index (χ2n) is 3.59. The highest BCUT2D eigenvalue weighted by molar-refractivity contribution is 5.54. The lowest BCUT2D eigenvalue weighted by molar-refractivity contribution is 0.280. The van der Waals surface area contributed by atoms with E-state index in [9.17, 15) is 5.11 Å². The van der Waals surface area contributed by atoms with Gasteiger partial charge < -0.3 is 15.1 Å². The zero-order valence-corrected chi connectivity index (χ0v) is 9.40. The number of hydrogen-bond acceptors (Lipinski definition) is 3. The van der Waals surface area contributed by atoms with Crippen LogP contribution in [0.25, 0.3) is 0 Å². The van der Waals surface area contributed by atoms with E-state index in [4.69, 9.17) is 5.11 Å². The van der Waals surface area contributed by atoms with Crippen molar-refractivity contribution < 1.29 is 10.2 Å². The molecule has 0 aliphatic rings. The maximum absolute atomic E-state index is 9.27. The quantitative estimate of drug-likeness (QED) is 0.768. The van der Waals surface area contributed by atoms with Gasteiger partial charge in [-0.25, -0.2) is 0 Å². The predicted octanol–water partition coefficient (Wildman–Crippen LogP) is 1.31. The van der Waals surface area contributed by atoms with Crippen molar-refractivity contribution in [2.75, 3.05) is 24.6 Å². The number of hydrogen-bond donors (Lipinski definition) is 2. The summed E-state index contributed by atoms with van der Waals surface area (Å²) in [7, 11) is 0. The molecule has 0 radical (unpaired) electrons. The fraction of sp³-hybridized carbons (Fsp3) is 0.500. The molecule has 3 nitrogen and oxygen atoms in total. The number of rotatable bonds is 5. The Bertz CT molecular complexity index is 312. The van der Waals surface area contributed by atoms with E-state index in [0.29, 0.717) is 6.54 Å². The van der Waals surface area contributed by atoms with Crippen molar-refractivity contribution in [3.8, 4) is 0 Å². The Hall–Kier alpha value is -1.06. The van der Waals surface area contributed by atoms with Crippen LogP contribution < -0.4 is 4.90 Å². The monoisotopic (exact) mass is 209 g/mol. The van der Waals surface area contributed by atoms with Gasteiger partial charge in [0.1, 0.15) is 0 Å². The second-order valence-corrected chi connectivity index (χ2v) is 3.59. The van der Waals surface area contributed by atoms with Gasteiger partial charge in [0.25, 0.3) is 0 Å². The molecule has 2 N–H and O–H groups in total. The lowest BCUT2D eigenvalue weighted by atomic mass is 10.1. The molecule has 0 aliphatic heterocycles. The molecule has 0 amide bonds. The van der Waals surface area contributed by atoms with Crippen molar-refractivity contribution in [3.63, 3.8) is 0 Å². The molecule has 0 spiro atoms. The van der Waals surface area contributed by atoms with E-state index >= 15 is 0 Å². The second kappa shape index (κ2) is 5.73. The highest BCUT2D eigenvalue weighted by Crippen LogP contribution is 2.21. The topological polar surface area (TPSA) is 43.7 Å². The van der Waals surface area contributed by atoms with Gasteiger partial charge in [0.2, 0.25) is 0 Å². The van der Waals surface area contributed by atoms with Gasteiger partial charge in [0.15, 0.2) is 0 Å². The highest BCUT2D eigenvalue weighted by atomic mass is 16.3. The lowest BCUT2D eigenvalue weighted by Gasteiger charge is -2.24. The molecular formula is C12H19NO2. The molecule has 0 saturated carbocycles. The van der Waals surface area contributed by atoms with E-state index in [1.165, 1.54) is 0 Å². The van der Waals surface area contributed by atoms with Crippen molar-refractivity contribution in [2.24, 2.45) is 0 Å². The summed E-state index contributed by atoms with van der Waals surface area (Å²) in [6, 6.07) is 6.00. The van der Waals surface area contributed by atoms with Gasteiger partial charge in [-0.15, -0.1) is 0 Å². The van der Waals surface area contributed by atoms with Gasteiger partial charge in [0.05, 0.1) is 13.2 Å². The summed E-state index contributed by atoms with van der Waals surface area (Å²) in [4.78, 5) is 2.06. The zero-order valence-electron chi connectivity index (χ0n) is 9.40. The average molecular weight is 209 g/mol. The first-order chi connectivity index (χ1) is 7.22. The largest absolute Gasteiger partial charge is 0.395 e. The van der Waals surface area contributed by atoms with Crippen molar-refractivity contribution in [1.29, 1.82) is 0 Å². The summed E-state index contributed by atoms with van der Waals surface area (Å²) in [6.07, 6.45) is 0.